The molecule has 0 amide bonds. The van der Waals surface area contributed by atoms with Gasteiger partial charge in [0.15, 0.2) is 0 Å². The van der Waals surface area contributed by atoms with Crippen LogP contribution in [0.4, 0.5) is 0 Å². The van der Waals surface area contributed by atoms with E-state index in [1.807, 2.05) is 12.1 Å². The maximum Gasteiger partial charge on any atom is 0.140 e. The lowest BCUT2D eigenvalue weighted by molar-refractivity contribution is 0.0457. The zero-order chi connectivity index (χ0) is 13.8. The summed E-state index contributed by atoms with van der Waals surface area (Å²) in [6, 6.07) is 5.59. The minimum atomic E-state index is 0.276. The summed E-state index contributed by atoms with van der Waals surface area (Å²) in [5, 5.41) is 8.75. The van der Waals surface area contributed by atoms with Crippen LogP contribution in [-0.2, 0) is 0 Å². The molecule has 0 aromatic carbocycles. The summed E-state index contributed by atoms with van der Waals surface area (Å²) in [5.41, 5.74) is 0.435. The standard InChI is InChI=1S/C16H22N2O/c1-11(2)15-7-4-12(3)8-16(15)19-14-6-5-13(9-17)18-10-14/h5-6,10-12,15-16H,4,7-8H2,1-3H3. The lowest BCUT2D eigenvalue weighted by Gasteiger charge is -2.37. The molecule has 0 aliphatic heterocycles. The Balaban J connectivity index is 2.07. The Bertz CT molecular complexity index is 447. The second kappa shape index (κ2) is 6.06. The Hall–Kier alpha value is -1.56. The highest BCUT2D eigenvalue weighted by molar-refractivity contribution is 5.26. The van der Waals surface area contributed by atoms with Crippen molar-refractivity contribution in [1.29, 1.82) is 5.26 Å². The molecule has 0 radical (unpaired) electrons. The number of rotatable bonds is 3. The molecular formula is C16H22N2O. The second-order valence-electron chi connectivity index (χ2n) is 5.97. The van der Waals surface area contributed by atoms with E-state index in [1.54, 1.807) is 12.3 Å². The van der Waals surface area contributed by atoms with Crippen LogP contribution in [0.2, 0.25) is 0 Å². The van der Waals surface area contributed by atoms with Crippen LogP contribution in [-0.4, -0.2) is 11.1 Å². The predicted molar refractivity (Wildman–Crippen MR) is 74.7 cm³/mol. The van der Waals surface area contributed by atoms with Gasteiger partial charge in [0.2, 0.25) is 0 Å². The van der Waals surface area contributed by atoms with Gasteiger partial charge in [-0.15, -0.1) is 0 Å². The summed E-state index contributed by atoms with van der Waals surface area (Å²) in [6.45, 7) is 6.84. The molecule has 1 aliphatic carbocycles. The minimum Gasteiger partial charge on any atom is -0.489 e. The van der Waals surface area contributed by atoms with Gasteiger partial charge in [-0.05, 0) is 42.7 Å². The highest BCUT2D eigenvalue weighted by Crippen LogP contribution is 2.35. The van der Waals surface area contributed by atoms with Crippen molar-refractivity contribution in [3.63, 3.8) is 0 Å². The first-order chi connectivity index (χ1) is 9.10. The average Bonchev–Trinajstić information content (AvgIpc) is 2.39. The van der Waals surface area contributed by atoms with Gasteiger partial charge in [0.05, 0.1) is 6.20 Å². The van der Waals surface area contributed by atoms with Crippen LogP contribution in [0.1, 0.15) is 45.7 Å². The Labute approximate surface area is 115 Å². The van der Waals surface area contributed by atoms with E-state index in [1.165, 1.54) is 12.8 Å². The molecule has 2 rings (SSSR count). The van der Waals surface area contributed by atoms with E-state index in [0.717, 1.165) is 18.1 Å². The molecule has 0 bridgehead atoms. The highest BCUT2D eigenvalue weighted by atomic mass is 16.5. The van der Waals surface area contributed by atoms with Gasteiger partial charge in [0, 0.05) is 0 Å². The largest absolute Gasteiger partial charge is 0.489 e. The fraction of sp³-hybridized carbons (Fsp3) is 0.625. The van der Waals surface area contributed by atoms with E-state index in [2.05, 4.69) is 25.8 Å². The summed E-state index contributed by atoms with van der Waals surface area (Å²) >= 11 is 0. The molecule has 3 unspecified atom stereocenters. The first-order valence-corrected chi connectivity index (χ1v) is 7.13. The molecule has 1 aromatic heterocycles. The van der Waals surface area contributed by atoms with E-state index >= 15 is 0 Å². The first kappa shape index (κ1) is 13.9. The van der Waals surface area contributed by atoms with Crippen LogP contribution < -0.4 is 4.74 Å². The van der Waals surface area contributed by atoms with Crippen LogP contribution >= 0.6 is 0 Å². The van der Waals surface area contributed by atoms with E-state index in [9.17, 15) is 0 Å². The summed E-state index contributed by atoms with van der Waals surface area (Å²) in [5.74, 6) is 2.77. The van der Waals surface area contributed by atoms with Crippen molar-refractivity contribution >= 4 is 0 Å². The third-order valence-electron chi connectivity index (χ3n) is 4.10. The van der Waals surface area contributed by atoms with Crippen molar-refractivity contribution in [2.75, 3.05) is 0 Å². The number of hydrogen-bond acceptors (Lipinski definition) is 3. The molecule has 3 heteroatoms. The zero-order valence-corrected chi connectivity index (χ0v) is 12.0. The molecule has 0 spiro atoms. The van der Waals surface area contributed by atoms with Crippen LogP contribution in [0.25, 0.3) is 0 Å². The zero-order valence-electron chi connectivity index (χ0n) is 12.0. The van der Waals surface area contributed by atoms with Crippen molar-refractivity contribution in [2.45, 2.75) is 46.1 Å². The third kappa shape index (κ3) is 3.47. The Morgan fingerprint density at radius 1 is 1.37 bits per heavy atom. The normalized spacial score (nSPS) is 27.0. The molecule has 3 nitrogen and oxygen atoms in total. The number of nitriles is 1. The monoisotopic (exact) mass is 258 g/mol. The first-order valence-electron chi connectivity index (χ1n) is 7.13. The molecule has 1 saturated carbocycles. The molecule has 19 heavy (non-hydrogen) atoms. The smallest absolute Gasteiger partial charge is 0.140 e. The van der Waals surface area contributed by atoms with E-state index in [4.69, 9.17) is 10.00 Å². The van der Waals surface area contributed by atoms with E-state index < -0.39 is 0 Å². The molecular weight excluding hydrogens is 236 g/mol. The quantitative estimate of drug-likeness (QED) is 0.828. The number of hydrogen-bond donors (Lipinski definition) is 0. The lowest BCUT2D eigenvalue weighted by Crippen LogP contribution is -2.36. The van der Waals surface area contributed by atoms with Gasteiger partial charge in [-0.1, -0.05) is 27.2 Å². The molecule has 0 N–H and O–H groups in total. The summed E-state index contributed by atoms with van der Waals surface area (Å²) in [7, 11) is 0. The topological polar surface area (TPSA) is 45.9 Å². The number of ether oxygens (including phenoxy) is 1. The average molecular weight is 258 g/mol. The maximum atomic E-state index is 8.75. The van der Waals surface area contributed by atoms with E-state index in [0.29, 0.717) is 17.5 Å². The molecule has 1 aliphatic rings. The number of nitrogens with zero attached hydrogens (tertiary/aromatic N) is 2. The molecule has 102 valence electrons. The van der Waals surface area contributed by atoms with Gasteiger partial charge in [-0.2, -0.15) is 5.26 Å². The molecule has 3 atom stereocenters. The minimum absolute atomic E-state index is 0.276. The van der Waals surface area contributed by atoms with Crippen molar-refractivity contribution in [3.05, 3.63) is 24.0 Å². The number of aromatic nitrogens is 1. The van der Waals surface area contributed by atoms with Crippen LogP contribution in [0.5, 0.6) is 5.75 Å². The predicted octanol–water partition coefficient (Wildman–Crippen LogP) is 3.79. The van der Waals surface area contributed by atoms with Gasteiger partial charge in [0.1, 0.15) is 23.6 Å². The van der Waals surface area contributed by atoms with Crippen molar-refractivity contribution in [1.82, 2.24) is 4.98 Å². The molecule has 1 fully saturated rings. The van der Waals surface area contributed by atoms with Crippen molar-refractivity contribution in [2.24, 2.45) is 17.8 Å². The highest BCUT2D eigenvalue weighted by Gasteiger charge is 2.32. The molecule has 1 heterocycles. The summed E-state index contributed by atoms with van der Waals surface area (Å²) in [4.78, 5) is 4.07. The Morgan fingerprint density at radius 2 is 2.16 bits per heavy atom. The van der Waals surface area contributed by atoms with Crippen molar-refractivity contribution in [3.8, 4) is 11.8 Å². The van der Waals surface area contributed by atoms with Gasteiger partial charge in [-0.25, -0.2) is 4.98 Å². The van der Waals surface area contributed by atoms with Crippen LogP contribution in [0, 0.1) is 29.1 Å². The third-order valence-corrected chi connectivity index (χ3v) is 4.10. The van der Waals surface area contributed by atoms with Crippen LogP contribution in [0.15, 0.2) is 18.3 Å². The van der Waals surface area contributed by atoms with Crippen LogP contribution in [0.3, 0.4) is 0 Å². The van der Waals surface area contributed by atoms with Gasteiger partial charge >= 0.3 is 0 Å². The van der Waals surface area contributed by atoms with Gasteiger partial charge < -0.3 is 4.74 Å². The SMILES string of the molecule is CC1CCC(C(C)C)C(Oc2ccc(C#N)nc2)C1. The van der Waals surface area contributed by atoms with E-state index in [-0.39, 0.29) is 6.10 Å². The Kier molecular flexibility index (Phi) is 4.42. The lowest BCUT2D eigenvalue weighted by atomic mass is 9.75. The molecule has 0 saturated heterocycles. The fourth-order valence-electron chi connectivity index (χ4n) is 2.94. The van der Waals surface area contributed by atoms with Crippen molar-refractivity contribution < 1.29 is 4.74 Å². The molecule has 1 aromatic rings. The van der Waals surface area contributed by atoms with Gasteiger partial charge in [-0.3, -0.25) is 0 Å². The fourth-order valence-corrected chi connectivity index (χ4v) is 2.94. The summed E-state index contributed by atoms with van der Waals surface area (Å²) < 4.78 is 6.13. The number of pyridine rings is 1. The second-order valence-corrected chi connectivity index (χ2v) is 5.97. The Morgan fingerprint density at radius 3 is 2.74 bits per heavy atom. The van der Waals surface area contributed by atoms with Gasteiger partial charge in [0.25, 0.3) is 0 Å². The maximum absolute atomic E-state index is 8.75. The summed E-state index contributed by atoms with van der Waals surface area (Å²) in [6.07, 6.45) is 5.60.